The quantitative estimate of drug-likeness (QED) is 0.568. The fraction of sp³-hybridized carbons (Fsp3) is 0.188. The first-order valence-corrected chi connectivity index (χ1v) is 8.84. The van der Waals surface area contributed by atoms with Gasteiger partial charge >= 0.3 is 0 Å². The van der Waals surface area contributed by atoms with Crippen LogP contribution >= 0.6 is 34.3 Å². The predicted octanol–water partition coefficient (Wildman–Crippen LogP) is 5.33. The number of benzene rings is 1. The summed E-state index contributed by atoms with van der Waals surface area (Å²) in [5.41, 5.74) is 3.22. The number of thiazole rings is 1. The third-order valence-corrected chi connectivity index (χ3v) is 5.05. The lowest BCUT2D eigenvalue weighted by Gasteiger charge is -2.04. The van der Waals surface area contributed by atoms with Gasteiger partial charge in [-0.05, 0) is 17.0 Å². The number of nitrogens with zero attached hydrogens (tertiary/aromatic N) is 1. The molecule has 0 saturated carbocycles. The van der Waals surface area contributed by atoms with Gasteiger partial charge in [-0.15, -0.1) is 34.3 Å². The molecule has 0 radical (unpaired) electrons. The Balaban J connectivity index is 1.58. The maximum Gasteiger partial charge on any atom is 0.123 e. The maximum atomic E-state index is 5.78. The summed E-state index contributed by atoms with van der Waals surface area (Å²) in [6.45, 7) is 1.30. The van der Waals surface area contributed by atoms with Gasteiger partial charge in [-0.1, -0.05) is 30.3 Å². The number of hydrogen-bond acceptors (Lipinski definition) is 4. The van der Waals surface area contributed by atoms with Crippen LogP contribution in [0.1, 0.15) is 16.1 Å². The first-order chi connectivity index (χ1) is 10.3. The van der Waals surface area contributed by atoms with E-state index in [1.165, 1.54) is 10.4 Å². The predicted molar refractivity (Wildman–Crippen MR) is 89.9 cm³/mol. The molecule has 0 fully saturated rings. The van der Waals surface area contributed by atoms with Gasteiger partial charge in [-0.25, -0.2) is 4.98 Å². The molecule has 0 aliphatic rings. The maximum absolute atomic E-state index is 5.78. The minimum atomic E-state index is 0.463. The number of alkyl halides is 1. The van der Waals surface area contributed by atoms with E-state index in [0.29, 0.717) is 19.1 Å². The highest BCUT2D eigenvalue weighted by Crippen LogP contribution is 2.24. The summed E-state index contributed by atoms with van der Waals surface area (Å²) in [6, 6.07) is 12.5. The van der Waals surface area contributed by atoms with E-state index in [1.54, 1.807) is 22.7 Å². The van der Waals surface area contributed by atoms with Crippen molar-refractivity contribution in [1.29, 1.82) is 0 Å². The second-order valence-corrected chi connectivity index (χ2v) is 6.70. The zero-order valence-corrected chi connectivity index (χ0v) is 13.7. The van der Waals surface area contributed by atoms with Gasteiger partial charge in [0.1, 0.15) is 5.01 Å². The lowest BCUT2D eigenvalue weighted by atomic mass is 10.1. The van der Waals surface area contributed by atoms with Crippen LogP contribution in [0.15, 0.2) is 47.2 Å². The Morgan fingerprint density at radius 2 is 1.90 bits per heavy atom. The largest absolute Gasteiger partial charge is 0.371 e. The molecule has 108 valence electrons. The molecule has 3 aromatic rings. The Kier molecular flexibility index (Phi) is 5.04. The molecule has 0 bridgehead atoms. The van der Waals surface area contributed by atoms with E-state index in [1.807, 2.05) is 11.4 Å². The van der Waals surface area contributed by atoms with Gasteiger partial charge in [0.25, 0.3) is 0 Å². The first-order valence-electron chi connectivity index (χ1n) is 6.55. The van der Waals surface area contributed by atoms with Gasteiger partial charge in [0.15, 0.2) is 0 Å². The fourth-order valence-corrected chi connectivity index (χ4v) is 3.60. The summed E-state index contributed by atoms with van der Waals surface area (Å²) in [7, 11) is 0. The Labute approximate surface area is 137 Å². The van der Waals surface area contributed by atoms with Crippen molar-refractivity contribution >= 4 is 34.3 Å². The van der Waals surface area contributed by atoms with Crippen molar-refractivity contribution in [3.8, 4) is 10.6 Å². The minimum Gasteiger partial charge on any atom is -0.371 e. The normalized spacial score (nSPS) is 10.9. The summed E-state index contributed by atoms with van der Waals surface area (Å²) in [4.78, 5) is 5.73. The summed E-state index contributed by atoms with van der Waals surface area (Å²) < 4.78 is 5.71. The highest BCUT2D eigenvalue weighted by Gasteiger charge is 2.04. The molecule has 3 rings (SSSR count). The fourth-order valence-electron chi connectivity index (χ4n) is 1.91. The molecule has 0 unspecified atom stereocenters. The molecule has 0 saturated heterocycles. The summed E-state index contributed by atoms with van der Waals surface area (Å²) in [6.07, 6.45) is 0. The van der Waals surface area contributed by atoms with Crippen LogP contribution in [0.4, 0.5) is 0 Å². The van der Waals surface area contributed by atoms with Crippen molar-refractivity contribution in [2.75, 3.05) is 0 Å². The molecule has 2 aromatic heterocycles. The van der Waals surface area contributed by atoms with Crippen molar-refractivity contribution < 1.29 is 4.74 Å². The molecular formula is C16H14ClNOS2. The number of aromatic nitrogens is 1. The summed E-state index contributed by atoms with van der Waals surface area (Å²) >= 11 is 9.12. The van der Waals surface area contributed by atoms with Gasteiger partial charge < -0.3 is 4.74 Å². The van der Waals surface area contributed by atoms with Crippen molar-refractivity contribution in [2.45, 2.75) is 19.1 Å². The highest BCUT2D eigenvalue weighted by atomic mass is 35.5. The molecule has 0 aliphatic heterocycles. The van der Waals surface area contributed by atoms with Crippen LogP contribution in [0.3, 0.4) is 0 Å². The molecule has 0 N–H and O–H groups in total. The molecular weight excluding hydrogens is 322 g/mol. The number of thiophene rings is 1. The van der Waals surface area contributed by atoms with Crippen LogP contribution < -0.4 is 0 Å². The van der Waals surface area contributed by atoms with Gasteiger partial charge in [-0.3, -0.25) is 0 Å². The van der Waals surface area contributed by atoms with Crippen molar-refractivity contribution in [1.82, 2.24) is 4.98 Å². The Bertz CT molecular complexity index is 677. The van der Waals surface area contributed by atoms with Crippen LogP contribution in [0.2, 0.25) is 0 Å². The van der Waals surface area contributed by atoms with E-state index < -0.39 is 0 Å². The average Bonchev–Trinajstić information content (AvgIpc) is 3.19. The van der Waals surface area contributed by atoms with E-state index in [4.69, 9.17) is 16.3 Å². The van der Waals surface area contributed by atoms with Crippen LogP contribution in [0, 0.1) is 0 Å². The number of hydrogen-bond donors (Lipinski definition) is 0. The molecule has 2 heterocycles. The van der Waals surface area contributed by atoms with Crippen LogP contribution in [-0.4, -0.2) is 4.98 Å². The zero-order valence-electron chi connectivity index (χ0n) is 11.3. The van der Waals surface area contributed by atoms with Gasteiger partial charge in [0, 0.05) is 15.8 Å². The van der Waals surface area contributed by atoms with E-state index in [-0.39, 0.29) is 0 Å². The second kappa shape index (κ2) is 7.18. The standard InChI is InChI=1S/C16H14ClNOS2/c17-8-14-11-21-16(18-14)13-5-3-12(4-6-13)9-19-10-15-2-1-7-20-15/h1-7,11H,8-10H2. The molecule has 21 heavy (non-hydrogen) atoms. The molecule has 1 aromatic carbocycles. The van der Waals surface area contributed by atoms with E-state index in [9.17, 15) is 0 Å². The molecule has 0 amide bonds. The van der Waals surface area contributed by atoms with Crippen LogP contribution in [0.25, 0.3) is 10.6 Å². The number of halogens is 1. The number of ether oxygens (including phenoxy) is 1. The van der Waals surface area contributed by atoms with E-state index in [2.05, 4.69) is 40.7 Å². The lowest BCUT2D eigenvalue weighted by Crippen LogP contribution is -1.92. The highest BCUT2D eigenvalue weighted by molar-refractivity contribution is 7.13. The molecule has 0 atom stereocenters. The van der Waals surface area contributed by atoms with Gasteiger partial charge in [0.2, 0.25) is 0 Å². The van der Waals surface area contributed by atoms with Crippen molar-refractivity contribution in [3.05, 3.63) is 63.3 Å². The van der Waals surface area contributed by atoms with Crippen molar-refractivity contribution in [3.63, 3.8) is 0 Å². The van der Waals surface area contributed by atoms with Gasteiger partial charge in [-0.2, -0.15) is 0 Å². The molecule has 5 heteroatoms. The lowest BCUT2D eigenvalue weighted by molar-refractivity contribution is 0.109. The zero-order chi connectivity index (χ0) is 14.5. The Morgan fingerprint density at radius 3 is 2.57 bits per heavy atom. The first kappa shape index (κ1) is 14.7. The average molecular weight is 336 g/mol. The SMILES string of the molecule is ClCc1csc(-c2ccc(COCc3cccs3)cc2)n1. The summed E-state index contributed by atoms with van der Waals surface area (Å²) in [5.74, 6) is 0.463. The molecule has 2 nitrogen and oxygen atoms in total. The second-order valence-electron chi connectivity index (χ2n) is 4.55. The van der Waals surface area contributed by atoms with E-state index >= 15 is 0 Å². The van der Waals surface area contributed by atoms with E-state index in [0.717, 1.165) is 16.3 Å². The van der Waals surface area contributed by atoms with Crippen LogP contribution in [-0.2, 0) is 23.8 Å². The molecule has 0 spiro atoms. The molecule has 0 aliphatic carbocycles. The topological polar surface area (TPSA) is 22.1 Å². The van der Waals surface area contributed by atoms with Crippen molar-refractivity contribution in [2.24, 2.45) is 0 Å². The Hall–Kier alpha value is -1.20. The third-order valence-electron chi connectivity index (χ3n) is 2.98. The monoisotopic (exact) mass is 335 g/mol. The number of rotatable bonds is 6. The van der Waals surface area contributed by atoms with Crippen LogP contribution in [0.5, 0.6) is 0 Å². The Morgan fingerprint density at radius 1 is 1.05 bits per heavy atom. The minimum absolute atomic E-state index is 0.463. The van der Waals surface area contributed by atoms with Gasteiger partial charge in [0.05, 0.1) is 24.8 Å². The smallest absolute Gasteiger partial charge is 0.123 e. The third kappa shape index (κ3) is 3.92. The summed E-state index contributed by atoms with van der Waals surface area (Å²) in [5, 5.41) is 5.08.